The van der Waals surface area contributed by atoms with E-state index < -0.39 is 28.0 Å². The highest BCUT2D eigenvalue weighted by molar-refractivity contribution is 7.85. The van der Waals surface area contributed by atoms with Crippen LogP contribution in [0.1, 0.15) is 20.8 Å². The molecular weight excluding hydrogens is 266 g/mol. The Hall–Kier alpha value is -0.900. The number of nitrogens with zero attached hydrogens (tertiary/aromatic N) is 1. The Bertz CT molecular complexity index is 400. The van der Waals surface area contributed by atoms with E-state index in [1.54, 1.807) is 20.8 Å². The van der Waals surface area contributed by atoms with Gasteiger partial charge in [0.25, 0.3) is 0 Å². The first-order chi connectivity index (χ1) is 8.17. The highest BCUT2D eigenvalue weighted by Gasteiger charge is 2.45. The second-order valence-corrected chi connectivity index (χ2v) is 6.11. The van der Waals surface area contributed by atoms with Crippen molar-refractivity contribution in [3.8, 4) is 0 Å². The van der Waals surface area contributed by atoms with Gasteiger partial charge in [-0.15, -0.1) is 0 Å². The van der Waals surface area contributed by atoms with Gasteiger partial charge in [-0.2, -0.15) is 12.7 Å². The molecule has 1 aliphatic rings. The molecule has 1 amide bonds. The molecule has 0 N–H and O–H groups in total. The van der Waals surface area contributed by atoms with Crippen molar-refractivity contribution < 1.29 is 31.9 Å². The quantitative estimate of drug-likeness (QED) is 0.548. The van der Waals surface area contributed by atoms with E-state index in [-0.39, 0.29) is 13.2 Å². The van der Waals surface area contributed by atoms with E-state index in [0.717, 1.165) is 0 Å². The van der Waals surface area contributed by atoms with Gasteiger partial charge in [0.1, 0.15) is 18.2 Å². The summed E-state index contributed by atoms with van der Waals surface area (Å²) in [7, 11) is -2.84. The van der Waals surface area contributed by atoms with Gasteiger partial charge in [0, 0.05) is 0 Å². The summed E-state index contributed by atoms with van der Waals surface area (Å²) in [6, 6.07) is -0.801. The average molecular weight is 283 g/mol. The molecule has 0 aliphatic carbocycles. The largest absolute Gasteiger partial charge is 0.443 e. The second-order valence-electron chi connectivity index (χ2n) is 4.62. The fraction of sp³-hybridized carbons (Fsp3) is 0.889. The maximum Gasteiger partial charge on any atom is 0.426 e. The maximum absolute atomic E-state index is 11.8. The van der Waals surface area contributed by atoms with E-state index in [1.165, 1.54) is 7.11 Å². The first-order valence-electron chi connectivity index (χ1n) is 5.25. The van der Waals surface area contributed by atoms with Crippen molar-refractivity contribution in [2.75, 3.05) is 20.3 Å². The molecule has 1 heterocycles. The van der Waals surface area contributed by atoms with E-state index >= 15 is 0 Å². The fourth-order valence-electron chi connectivity index (χ4n) is 1.28. The molecule has 1 atom stereocenters. The minimum atomic E-state index is -4.12. The lowest BCUT2D eigenvalue weighted by Crippen LogP contribution is -2.44. The summed E-state index contributed by atoms with van der Waals surface area (Å²) in [6.45, 7) is 4.58. The van der Waals surface area contributed by atoms with Gasteiger partial charge in [0.15, 0.2) is 0 Å². The third kappa shape index (κ3) is 3.80. The Morgan fingerprint density at radius 1 is 1.44 bits per heavy atom. The summed E-state index contributed by atoms with van der Waals surface area (Å²) in [5.41, 5.74) is -0.804. The Morgan fingerprint density at radius 2 is 2.06 bits per heavy atom. The van der Waals surface area contributed by atoms with Crippen LogP contribution in [0.4, 0.5) is 4.79 Å². The maximum atomic E-state index is 11.8. The Labute approximate surface area is 106 Å². The lowest BCUT2D eigenvalue weighted by Gasteiger charge is -2.25. The molecule has 0 radical (unpaired) electrons. The van der Waals surface area contributed by atoms with Crippen molar-refractivity contribution in [1.29, 1.82) is 0 Å². The molecule has 8 nitrogen and oxygen atoms in total. The van der Waals surface area contributed by atoms with E-state index in [2.05, 4.69) is 14.0 Å². The molecule has 0 aromatic heterocycles. The van der Waals surface area contributed by atoms with Gasteiger partial charge in [0.2, 0.25) is 0 Å². The lowest BCUT2D eigenvalue weighted by molar-refractivity contribution is -0.277. The average Bonchev–Trinajstić information content (AvgIpc) is 2.48. The van der Waals surface area contributed by atoms with Crippen molar-refractivity contribution in [3.63, 3.8) is 0 Å². The number of carbonyl (C=O) groups is 1. The van der Waals surface area contributed by atoms with Crippen LogP contribution >= 0.6 is 0 Å². The third-order valence-corrected chi connectivity index (χ3v) is 3.30. The van der Waals surface area contributed by atoms with Gasteiger partial charge < -0.3 is 4.74 Å². The van der Waals surface area contributed by atoms with Crippen LogP contribution in [0.3, 0.4) is 0 Å². The zero-order valence-electron chi connectivity index (χ0n) is 10.7. The van der Waals surface area contributed by atoms with Crippen LogP contribution in [0.2, 0.25) is 0 Å². The number of rotatable bonds is 3. The SMILES string of the molecule is COOC[C@@H]1COS(=O)(=O)N1C(=O)OC(C)(C)C. The third-order valence-electron chi connectivity index (χ3n) is 1.93. The highest BCUT2D eigenvalue weighted by atomic mass is 32.2. The Balaban J connectivity index is 2.82. The topological polar surface area (TPSA) is 91.4 Å². The number of ether oxygens (including phenoxy) is 1. The minimum absolute atomic E-state index is 0.130. The summed E-state index contributed by atoms with van der Waals surface area (Å²) in [5.74, 6) is 0. The molecular formula is C9H17NO7S. The number of hydrogen-bond donors (Lipinski definition) is 0. The first-order valence-corrected chi connectivity index (χ1v) is 6.61. The zero-order chi connectivity index (χ0) is 14.0. The van der Waals surface area contributed by atoms with E-state index in [4.69, 9.17) is 4.74 Å². The standard InChI is InChI=1S/C9H17NO7S/c1-9(2,3)17-8(11)10-7(5-15-14-4)6-16-18(10,12)13/h7H,5-6H2,1-4H3/t7-/m1/s1. The summed E-state index contributed by atoms with van der Waals surface area (Å²) in [6.07, 6.45) is -0.996. The Morgan fingerprint density at radius 3 is 2.56 bits per heavy atom. The molecule has 9 heteroatoms. The predicted molar refractivity (Wildman–Crippen MR) is 59.7 cm³/mol. The molecule has 0 unspecified atom stereocenters. The molecule has 0 spiro atoms. The second kappa shape index (κ2) is 5.39. The van der Waals surface area contributed by atoms with Crippen LogP contribution in [0.5, 0.6) is 0 Å². The van der Waals surface area contributed by atoms with Crippen LogP contribution in [-0.2, 0) is 29.0 Å². The van der Waals surface area contributed by atoms with Crippen molar-refractivity contribution >= 4 is 16.4 Å². The zero-order valence-corrected chi connectivity index (χ0v) is 11.5. The van der Waals surface area contributed by atoms with Gasteiger partial charge in [0.05, 0.1) is 13.7 Å². The summed E-state index contributed by atoms with van der Waals surface area (Å²) >= 11 is 0. The van der Waals surface area contributed by atoms with Gasteiger partial charge in [-0.05, 0) is 20.8 Å². The van der Waals surface area contributed by atoms with E-state index in [1.807, 2.05) is 0 Å². The molecule has 106 valence electrons. The number of amides is 1. The van der Waals surface area contributed by atoms with Crippen molar-refractivity contribution in [3.05, 3.63) is 0 Å². The molecule has 18 heavy (non-hydrogen) atoms. The van der Waals surface area contributed by atoms with E-state index in [0.29, 0.717) is 4.31 Å². The smallest absolute Gasteiger partial charge is 0.426 e. The Kier molecular flexibility index (Phi) is 4.54. The summed E-state index contributed by atoms with van der Waals surface area (Å²) in [5, 5.41) is 0. The van der Waals surface area contributed by atoms with Gasteiger partial charge >= 0.3 is 16.4 Å². The molecule has 1 aliphatic heterocycles. The normalized spacial score (nSPS) is 23.1. The molecule has 1 saturated heterocycles. The van der Waals surface area contributed by atoms with Crippen molar-refractivity contribution in [2.45, 2.75) is 32.4 Å². The summed E-state index contributed by atoms with van der Waals surface area (Å²) in [4.78, 5) is 20.8. The monoisotopic (exact) mass is 283 g/mol. The number of hydrogen-bond acceptors (Lipinski definition) is 7. The predicted octanol–water partition coefficient (Wildman–Crippen LogP) is 0.445. The molecule has 1 rings (SSSR count). The van der Waals surface area contributed by atoms with Crippen molar-refractivity contribution in [1.82, 2.24) is 4.31 Å². The van der Waals surface area contributed by atoms with Crippen LogP contribution in [-0.4, -0.2) is 50.8 Å². The van der Waals surface area contributed by atoms with Crippen LogP contribution < -0.4 is 0 Å². The fourth-order valence-corrected chi connectivity index (χ4v) is 2.43. The number of carbonyl (C=O) groups excluding carboxylic acids is 1. The van der Waals surface area contributed by atoms with Gasteiger partial charge in [-0.25, -0.2) is 14.6 Å². The molecule has 0 saturated carbocycles. The van der Waals surface area contributed by atoms with Crippen LogP contribution in [0, 0.1) is 0 Å². The summed E-state index contributed by atoms with van der Waals surface area (Å²) < 4.78 is 33.2. The molecule has 0 bridgehead atoms. The first kappa shape index (κ1) is 15.2. The van der Waals surface area contributed by atoms with Crippen LogP contribution in [0.15, 0.2) is 0 Å². The van der Waals surface area contributed by atoms with Crippen LogP contribution in [0.25, 0.3) is 0 Å². The van der Waals surface area contributed by atoms with Gasteiger partial charge in [-0.1, -0.05) is 0 Å². The lowest BCUT2D eigenvalue weighted by atomic mass is 10.2. The van der Waals surface area contributed by atoms with E-state index in [9.17, 15) is 13.2 Å². The van der Waals surface area contributed by atoms with Gasteiger partial charge in [-0.3, -0.25) is 4.18 Å². The molecule has 0 aromatic rings. The minimum Gasteiger partial charge on any atom is -0.443 e. The van der Waals surface area contributed by atoms with Crippen molar-refractivity contribution in [2.24, 2.45) is 0 Å². The molecule has 1 fully saturated rings. The molecule has 0 aromatic carbocycles. The highest BCUT2D eigenvalue weighted by Crippen LogP contribution is 2.22.